The number of carbonyl (C=O) groups excluding carboxylic acids is 1. The van der Waals surface area contributed by atoms with Crippen molar-refractivity contribution in [3.8, 4) is 0 Å². The molecular weight excluding hydrogens is 875 g/mol. The predicted molar refractivity (Wildman–Crippen MR) is 295 cm³/mol. The van der Waals surface area contributed by atoms with Crippen LogP contribution in [0.5, 0.6) is 0 Å². The van der Waals surface area contributed by atoms with Gasteiger partial charge in [0.25, 0.3) is 0 Å². The lowest BCUT2D eigenvalue weighted by Crippen LogP contribution is -2.60. The van der Waals surface area contributed by atoms with Gasteiger partial charge in [-0.25, -0.2) is 0 Å². The van der Waals surface area contributed by atoms with Crippen molar-refractivity contribution in [2.75, 3.05) is 13.2 Å². The number of rotatable bonds is 49. The van der Waals surface area contributed by atoms with E-state index in [4.69, 9.17) is 9.47 Å². The maximum absolute atomic E-state index is 13.0. The van der Waals surface area contributed by atoms with Gasteiger partial charge in [0.15, 0.2) is 6.29 Å². The number of hydrogen-bond acceptors (Lipinski definition) is 8. The van der Waals surface area contributed by atoms with Crippen molar-refractivity contribution in [3.05, 3.63) is 72.9 Å². The molecule has 1 amide bonds. The van der Waals surface area contributed by atoms with Gasteiger partial charge >= 0.3 is 0 Å². The maximum atomic E-state index is 13.0. The second-order valence-corrected chi connectivity index (χ2v) is 20.1. The largest absolute Gasteiger partial charge is 0.394 e. The zero-order valence-electron chi connectivity index (χ0n) is 45.0. The highest BCUT2D eigenvalue weighted by molar-refractivity contribution is 5.76. The number of hydrogen-bond donors (Lipinski definition) is 6. The van der Waals surface area contributed by atoms with Gasteiger partial charge < -0.3 is 40.3 Å². The van der Waals surface area contributed by atoms with Gasteiger partial charge in [-0.2, -0.15) is 0 Å². The van der Waals surface area contributed by atoms with Crippen LogP contribution >= 0.6 is 0 Å². The molecule has 0 saturated carbocycles. The molecule has 1 aliphatic rings. The number of ether oxygens (including phenoxy) is 2. The summed E-state index contributed by atoms with van der Waals surface area (Å²) in [6.45, 7) is 3.67. The summed E-state index contributed by atoms with van der Waals surface area (Å²) < 4.78 is 11.3. The van der Waals surface area contributed by atoms with E-state index in [1.807, 2.05) is 6.08 Å². The zero-order valence-corrected chi connectivity index (χ0v) is 45.0. The van der Waals surface area contributed by atoms with Crippen molar-refractivity contribution in [3.63, 3.8) is 0 Å². The van der Waals surface area contributed by atoms with Crippen molar-refractivity contribution in [2.24, 2.45) is 0 Å². The number of allylic oxidation sites excluding steroid dienone is 11. The fourth-order valence-electron chi connectivity index (χ4n) is 8.95. The van der Waals surface area contributed by atoms with Crippen LogP contribution in [0.25, 0.3) is 0 Å². The lowest BCUT2D eigenvalue weighted by molar-refractivity contribution is -0.302. The highest BCUT2D eigenvalue weighted by atomic mass is 16.7. The molecule has 70 heavy (non-hydrogen) atoms. The Bertz CT molecular complexity index is 1330. The lowest BCUT2D eigenvalue weighted by Gasteiger charge is -2.40. The fourth-order valence-corrected chi connectivity index (χ4v) is 8.95. The predicted octanol–water partition coefficient (Wildman–Crippen LogP) is 14.5. The molecule has 0 aliphatic carbocycles. The minimum atomic E-state index is -1.57. The Labute approximate surface area is 429 Å². The summed E-state index contributed by atoms with van der Waals surface area (Å²) >= 11 is 0. The summed E-state index contributed by atoms with van der Waals surface area (Å²) in [5, 5.41) is 54.4. The molecule has 0 aromatic rings. The molecule has 0 radical (unpaired) electrons. The molecule has 0 aromatic carbocycles. The van der Waals surface area contributed by atoms with E-state index < -0.39 is 49.5 Å². The number of nitrogens with one attached hydrogen (secondary N) is 1. The van der Waals surface area contributed by atoms with Crippen LogP contribution in [0.15, 0.2) is 72.9 Å². The summed E-state index contributed by atoms with van der Waals surface area (Å²) in [6.07, 6.45) is 62.6. The molecule has 1 saturated heterocycles. The van der Waals surface area contributed by atoms with E-state index in [9.17, 15) is 30.3 Å². The Morgan fingerprint density at radius 1 is 0.500 bits per heavy atom. The monoisotopic (exact) mass is 984 g/mol. The SMILES string of the molecule is CC/C=C\C/C=C\C/C=C\C/C=C\C/C=C\CCCCCCCCCCCCCCCCCCCC(=O)NC(COC1OC(CO)C(O)C(O)C1O)C(O)/C=C/CCCCCCCCCCCCCC. The van der Waals surface area contributed by atoms with Crippen LogP contribution in [0.1, 0.15) is 251 Å². The topological polar surface area (TPSA) is 149 Å². The molecule has 1 aliphatic heterocycles. The molecule has 9 heteroatoms. The standard InChI is InChI=1S/C61H109NO8/c1-3-5-7-9-11-13-15-17-19-20-21-22-23-24-25-26-27-28-29-30-31-32-33-34-35-36-37-39-41-43-45-47-49-51-57(65)62-54(53-69-61-60(68)59(67)58(66)56(52-63)70-61)55(64)50-48-46-44-42-40-38-18-16-14-12-10-8-6-4-2/h5,7,11,13,17,19,21-22,24-25,48,50,54-56,58-61,63-64,66-68H,3-4,6,8-10,12,14-16,18,20,23,26-47,49,51-53H2,1-2H3,(H,62,65)/b7-5-,13-11-,19-17-,22-21-,25-24-,50-48+. The molecule has 406 valence electrons. The number of aliphatic hydroxyl groups is 5. The van der Waals surface area contributed by atoms with E-state index in [2.05, 4.69) is 79.9 Å². The van der Waals surface area contributed by atoms with Crippen molar-refractivity contribution >= 4 is 5.91 Å². The van der Waals surface area contributed by atoms with Gasteiger partial charge in [-0.05, 0) is 64.2 Å². The first-order valence-electron chi connectivity index (χ1n) is 29.2. The normalized spacial score (nSPS) is 19.9. The molecule has 1 heterocycles. The molecule has 1 rings (SSSR count). The Balaban J connectivity index is 2.14. The molecular formula is C61H109NO8. The van der Waals surface area contributed by atoms with E-state index in [1.165, 1.54) is 161 Å². The Morgan fingerprint density at radius 2 is 0.886 bits per heavy atom. The Kier molecular flexibility index (Phi) is 47.1. The minimum Gasteiger partial charge on any atom is -0.394 e. The van der Waals surface area contributed by atoms with E-state index in [0.29, 0.717) is 6.42 Å². The molecule has 9 nitrogen and oxygen atoms in total. The first kappa shape index (κ1) is 65.6. The zero-order chi connectivity index (χ0) is 50.8. The lowest BCUT2D eigenvalue weighted by atomic mass is 9.99. The van der Waals surface area contributed by atoms with Crippen LogP contribution in [-0.4, -0.2) is 87.5 Å². The van der Waals surface area contributed by atoms with Crippen molar-refractivity contribution in [1.82, 2.24) is 5.32 Å². The summed E-state index contributed by atoms with van der Waals surface area (Å²) in [6, 6.07) is -0.806. The van der Waals surface area contributed by atoms with E-state index in [1.54, 1.807) is 6.08 Å². The molecule has 7 unspecified atom stereocenters. The van der Waals surface area contributed by atoms with Gasteiger partial charge in [0.05, 0.1) is 25.4 Å². The van der Waals surface area contributed by atoms with Gasteiger partial charge in [-0.1, -0.05) is 254 Å². The van der Waals surface area contributed by atoms with Crippen LogP contribution in [0.2, 0.25) is 0 Å². The second-order valence-electron chi connectivity index (χ2n) is 20.1. The summed E-state index contributed by atoms with van der Waals surface area (Å²) in [7, 11) is 0. The Hall–Kier alpha value is -2.37. The summed E-state index contributed by atoms with van der Waals surface area (Å²) in [5.74, 6) is -0.177. The molecule has 0 aromatic heterocycles. The Morgan fingerprint density at radius 3 is 1.31 bits per heavy atom. The van der Waals surface area contributed by atoms with Gasteiger partial charge in [0.1, 0.15) is 24.4 Å². The molecule has 7 atom stereocenters. The fraction of sp³-hybridized carbons (Fsp3) is 0.787. The smallest absolute Gasteiger partial charge is 0.220 e. The van der Waals surface area contributed by atoms with Crippen LogP contribution in [0.4, 0.5) is 0 Å². The average molecular weight is 985 g/mol. The van der Waals surface area contributed by atoms with E-state index in [-0.39, 0.29) is 12.5 Å². The number of aliphatic hydroxyl groups excluding tert-OH is 5. The first-order chi connectivity index (χ1) is 34.3. The highest BCUT2D eigenvalue weighted by Gasteiger charge is 2.44. The highest BCUT2D eigenvalue weighted by Crippen LogP contribution is 2.23. The molecule has 1 fully saturated rings. The van der Waals surface area contributed by atoms with Crippen molar-refractivity contribution in [2.45, 2.75) is 294 Å². The second kappa shape index (κ2) is 50.2. The first-order valence-corrected chi connectivity index (χ1v) is 29.2. The van der Waals surface area contributed by atoms with E-state index in [0.717, 1.165) is 70.6 Å². The maximum Gasteiger partial charge on any atom is 0.220 e. The average Bonchev–Trinajstić information content (AvgIpc) is 3.36. The number of carbonyl (C=O) groups is 1. The third kappa shape index (κ3) is 39.2. The van der Waals surface area contributed by atoms with Crippen LogP contribution in [0, 0.1) is 0 Å². The summed E-state index contributed by atoms with van der Waals surface area (Å²) in [5.41, 5.74) is 0. The molecule has 0 spiro atoms. The van der Waals surface area contributed by atoms with Crippen LogP contribution < -0.4 is 5.32 Å². The minimum absolute atomic E-state index is 0.177. The number of amides is 1. The van der Waals surface area contributed by atoms with Gasteiger partial charge in [-0.3, -0.25) is 4.79 Å². The van der Waals surface area contributed by atoms with Gasteiger partial charge in [0, 0.05) is 6.42 Å². The summed E-state index contributed by atoms with van der Waals surface area (Å²) in [4.78, 5) is 13.0. The van der Waals surface area contributed by atoms with Gasteiger partial charge in [-0.15, -0.1) is 0 Å². The van der Waals surface area contributed by atoms with Crippen molar-refractivity contribution in [1.29, 1.82) is 0 Å². The third-order valence-corrected chi connectivity index (χ3v) is 13.5. The van der Waals surface area contributed by atoms with Crippen molar-refractivity contribution < 1.29 is 39.8 Å². The van der Waals surface area contributed by atoms with Crippen LogP contribution in [0.3, 0.4) is 0 Å². The third-order valence-electron chi connectivity index (χ3n) is 13.5. The number of unbranched alkanes of at least 4 members (excludes halogenated alkanes) is 29. The van der Waals surface area contributed by atoms with Gasteiger partial charge in [0.2, 0.25) is 5.91 Å². The molecule has 6 N–H and O–H groups in total. The van der Waals surface area contributed by atoms with Crippen LogP contribution in [-0.2, 0) is 14.3 Å². The molecule has 0 bridgehead atoms. The van der Waals surface area contributed by atoms with E-state index >= 15 is 0 Å². The quantitative estimate of drug-likeness (QED) is 0.0261.